The average Bonchev–Trinajstić information content (AvgIpc) is 2.80. The van der Waals surface area contributed by atoms with E-state index in [9.17, 15) is 0 Å². The zero-order chi connectivity index (χ0) is 9.54. The van der Waals surface area contributed by atoms with Crippen LogP contribution in [0.4, 0.5) is 5.69 Å². The summed E-state index contributed by atoms with van der Waals surface area (Å²) in [5.41, 5.74) is 7.57. The number of benzene rings is 1. The predicted molar refractivity (Wildman–Crippen MR) is 63.1 cm³/mol. The summed E-state index contributed by atoms with van der Waals surface area (Å²) < 4.78 is 3.12. The molecule has 0 amide bonds. The molecule has 74 valence electrons. The molecule has 0 aromatic heterocycles. The molecule has 0 saturated heterocycles. The Balaban J connectivity index is 2.24. The van der Waals surface area contributed by atoms with Crippen molar-refractivity contribution in [3.05, 3.63) is 28.3 Å². The highest BCUT2D eigenvalue weighted by Gasteiger charge is 2.23. The Morgan fingerprint density at radius 2 is 1.50 bits per heavy atom. The van der Waals surface area contributed by atoms with Gasteiger partial charge in [-0.1, -0.05) is 18.9 Å². The van der Waals surface area contributed by atoms with Gasteiger partial charge < -0.3 is 4.72 Å². The van der Waals surface area contributed by atoms with Gasteiger partial charge >= 0.3 is 0 Å². The Labute approximate surface area is 90.4 Å². The van der Waals surface area contributed by atoms with Gasteiger partial charge in [-0.2, -0.15) is 0 Å². The van der Waals surface area contributed by atoms with Crippen LogP contribution in [0.2, 0.25) is 0 Å². The molecule has 1 nitrogen and oxygen atoms in total. The van der Waals surface area contributed by atoms with Crippen LogP contribution in [0.5, 0.6) is 0 Å². The lowest BCUT2D eigenvalue weighted by Gasteiger charge is -2.13. The Morgan fingerprint density at radius 3 is 2.00 bits per heavy atom. The lowest BCUT2D eigenvalue weighted by atomic mass is 9.99. The summed E-state index contributed by atoms with van der Waals surface area (Å²) in [6, 6.07) is 2.44. The van der Waals surface area contributed by atoms with Crippen LogP contribution in [0.3, 0.4) is 0 Å². The lowest BCUT2D eigenvalue weighted by molar-refractivity contribution is 0.898. The van der Waals surface area contributed by atoms with Crippen molar-refractivity contribution in [1.82, 2.24) is 0 Å². The van der Waals surface area contributed by atoms with Gasteiger partial charge in [-0.25, -0.2) is 0 Å². The number of aryl methyl sites for hydroxylation is 2. The second-order valence-electron chi connectivity index (χ2n) is 4.35. The molecular formula is C12H15NS. The molecule has 14 heavy (non-hydrogen) atoms. The van der Waals surface area contributed by atoms with Gasteiger partial charge in [0.2, 0.25) is 0 Å². The van der Waals surface area contributed by atoms with Gasteiger partial charge in [0.05, 0.1) is 5.69 Å². The molecule has 0 atom stereocenters. The van der Waals surface area contributed by atoms with Crippen molar-refractivity contribution in [2.75, 3.05) is 4.72 Å². The minimum absolute atomic E-state index is 1.24. The number of hydrogen-bond acceptors (Lipinski definition) is 2. The summed E-state index contributed by atoms with van der Waals surface area (Å²) in [7, 11) is 0. The van der Waals surface area contributed by atoms with Gasteiger partial charge in [0.25, 0.3) is 0 Å². The van der Waals surface area contributed by atoms with E-state index in [1.54, 1.807) is 22.3 Å². The van der Waals surface area contributed by atoms with Gasteiger partial charge in [0, 0.05) is 0 Å². The highest BCUT2D eigenvalue weighted by atomic mass is 32.1. The summed E-state index contributed by atoms with van der Waals surface area (Å²) >= 11 is 4.26. The van der Waals surface area contributed by atoms with Crippen LogP contribution < -0.4 is 4.72 Å². The molecule has 0 bridgehead atoms. The van der Waals surface area contributed by atoms with E-state index in [0.29, 0.717) is 0 Å². The van der Waals surface area contributed by atoms with Crippen molar-refractivity contribution in [3.8, 4) is 0 Å². The van der Waals surface area contributed by atoms with Crippen molar-refractivity contribution >= 4 is 18.5 Å². The molecule has 1 aromatic carbocycles. The second-order valence-corrected chi connectivity index (χ2v) is 4.57. The molecule has 2 aliphatic rings. The summed E-state index contributed by atoms with van der Waals surface area (Å²) in [6.07, 6.45) is 7.66. The molecule has 1 aromatic rings. The van der Waals surface area contributed by atoms with Gasteiger partial charge in [0.1, 0.15) is 0 Å². The first-order valence-corrected chi connectivity index (χ1v) is 5.91. The van der Waals surface area contributed by atoms with E-state index in [4.69, 9.17) is 0 Å². The van der Waals surface area contributed by atoms with Crippen LogP contribution in [0, 0.1) is 0 Å². The number of fused-ring (bicyclic) bond motifs is 2. The largest absolute Gasteiger partial charge is 0.332 e. The van der Waals surface area contributed by atoms with Gasteiger partial charge in [-0.15, -0.1) is 0 Å². The monoisotopic (exact) mass is 205 g/mol. The molecule has 2 heteroatoms. The predicted octanol–water partition coefficient (Wildman–Crippen LogP) is 2.92. The molecule has 0 radical (unpaired) electrons. The molecule has 1 N–H and O–H groups in total. The van der Waals surface area contributed by atoms with Crippen molar-refractivity contribution < 1.29 is 0 Å². The van der Waals surface area contributed by atoms with Crippen LogP contribution >= 0.6 is 12.8 Å². The number of nitrogens with one attached hydrogen (secondary N) is 1. The first kappa shape index (κ1) is 8.66. The Morgan fingerprint density at radius 1 is 0.929 bits per heavy atom. The van der Waals surface area contributed by atoms with Crippen molar-refractivity contribution in [3.63, 3.8) is 0 Å². The number of rotatable bonds is 1. The topological polar surface area (TPSA) is 12.0 Å². The van der Waals surface area contributed by atoms with Crippen molar-refractivity contribution in [1.29, 1.82) is 0 Å². The maximum Gasteiger partial charge on any atom is 0.0508 e. The van der Waals surface area contributed by atoms with E-state index >= 15 is 0 Å². The summed E-state index contributed by atoms with van der Waals surface area (Å²) in [6.45, 7) is 0. The third-order valence-corrected chi connectivity index (χ3v) is 3.81. The van der Waals surface area contributed by atoms with E-state index in [1.807, 2.05) is 0 Å². The van der Waals surface area contributed by atoms with Gasteiger partial charge in [-0.3, -0.25) is 0 Å². The molecule has 2 aliphatic carbocycles. The highest BCUT2D eigenvalue weighted by molar-refractivity contribution is 7.81. The normalized spacial score (nSPS) is 18.1. The lowest BCUT2D eigenvalue weighted by Crippen LogP contribution is -1.97. The van der Waals surface area contributed by atoms with E-state index in [1.165, 1.54) is 44.2 Å². The van der Waals surface area contributed by atoms with E-state index in [-0.39, 0.29) is 0 Å². The number of anilines is 1. The third kappa shape index (κ3) is 1.10. The molecule has 3 rings (SSSR count). The molecule has 0 spiro atoms. The van der Waals surface area contributed by atoms with Crippen LogP contribution in [0.25, 0.3) is 0 Å². The van der Waals surface area contributed by atoms with E-state index in [0.717, 1.165) is 0 Å². The fourth-order valence-corrected chi connectivity index (χ4v) is 3.22. The third-order valence-electron chi connectivity index (χ3n) is 3.58. The first-order chi connectivity index (χ1) is 6.90. The maximum absolute atomic E-state index is 4.26. The quantitative estimate of drug-likeness (QED) is 0.672. The zero-order valence-electron chi connectivity index (χ0n) is 8.27. The van der Waals surface area contributed by atoms with Gasteiger partial charge in [-0.05, 0) is 60.8 Å². The fourth-order valence-electron chi connectivity index (χ4n) is 2.95. The maximum atomic E-state index is 4.26. The Hall–Kier alpha value is -0.630. The van der Waals surface area contributed by atoms with Crippen LogP contribution in [0.1, 0.15) is 35.1 Å². The molecule has 0 unspecified atom stereocenters. The van der Waals surface area contributed by atoms with Crippen LogP contribution in [-0.2, 0) is 25.7 Å². The summed E-state index contributed by atoms with van der Waals surface area (Å²) in [4.78, 5) is 0. The standard InChI is InChI=1S/C12H15NS/c14-13-12-10-5-1-3-8(10)7-9-4-2-6-11(9)12/h7,13-14H,1-6H2. The number of hydrogen-bond donors (Lipinski definition) is 2. The zero-order valence-corrected chi connectivity index (χ0v) is 9.16. The first-order valence-electron chi connectivity index (χ1n) is 5.47. The SMILES string of the molecule is SNc1c2c(cc3c1CCC3)CCC2. The minimum Gasteiger partial charge on any atom is -0.332 e. The van der Waals surface area contributed by atoms with E-state index in [2.05, 4.69) is 23.6 Å². The van der Waals surface area contributed by atoms with E-state index < -0.39 is 0 Å². The second kappa shape index (κ2) is 3.20. The summed E-state index contributed by atoms with van der Waals surface area (Å²) in [5, 5.41) is 0. The molecule has 0 fully saturated rings. The Bertz CT molecular complexity index is 352. The minimum atomic E-state index is 1.24. The van der Waals surface area contributed by atoms with Crippen LogP contribution in [0.15, 0.2) is 6.07 Å². The average molecular weight is 205 g/mol. The highest BCUT2D eigenvalue weighted by Crippen LogP contribution is 2.38. The molecule has 0 saturated carbocycles. The number of thiol groups is 1. The van der Waals surface area contributed by atoms with Crippen molar-refractivity contribution in [2.24, 2.45) is 0 Å². The van der Waals surface area contributed by atoms with Crippen LogP contribution in [-0.4, -0.2) is 0 Å². The molecule has 0 heterocycles. The van der Waals surface area contributed by atoms with Crippen molar-refractivity contribution in [2.45, 2.75) is 38.5 Å². The smallest absolute Gasteiger partial charge is 0.0508 e. The molecule has 0 aliphatic heterocycles. The fraction of sp³-hybridized carbons (Fsp3) is 0.500. The Kier molecular flexibility index (Phi) is 1.98. The molecular weight excluding hydrogens is 190 g/mol. The summed E-state index contributed by atoms with van der Waals surface area (Å²) in [5.74, 6) is 0. The van der Waals surface area contributed by atoms with Gasteiger partial charge in [0.15, 0.2) is 0 Å².